The second kappa shape index (κ2) is 7.58. The maximum Gasteiger partial charge on any atom is 0.309 e. The average molecular weight is 328 g/mol. The van der Waals surface area contributed by atoms with Crippen molar-refractivity contribution in [3.63, 3.8) is 0 Å². The van der Waals surface area contributed by atoms with Crippen molar-refractivity contribution in [2.45, 2.75) is 26.2 Å². The zero-order valence-corrected chi connectivity index (χ0v) is 13.2. The predicted molar refractivity (Wildman–Crippen MR) is 81.1 cm³/mol. The number of hydrogen-bond donors (Lipinski definition) is 0. The minimum absolute atomic E-state index is 0.00702. The molecule has 1 aromatic carbocycles. The number of carbonyl (C=O) groups is 2. The third-order valence-corrected chi connectivity index (χ3v) is 4.06. The van der Waals surface area contributed by atoms with Crippen LogP contribution in [0.3, 0.4) is 0 Å². The Morgan fingerprint density at radius 3 is 2.64 bits per heavy atom. The highest BCUT2D eigenvalue weighted by molar-refractivity contribution is 6.30. The molecule has 0 bridgehead atoms. The molecule has 1 amide bonds. The molecule has 6 heteroatoms. The summed E-state index contributed by atoms with van der Waals surface area (Å²) in [5.41, 5.74) is 0.335. The largest absolute Gasteiger partial charge is 0.466 e. The molecule has 2 rings (SSSR count). The van der Waals surface area contributed by atoms with Crippen molar-refractivity contribution >= 4 is 23.5 Å². The lowest BCUT2D eigenvalue weighted by Gasteiger charge is -2.31. The third-order valence-electron chi connectivity index (χ3n) is 3.82. The highest BCUT2D eigenvalue weighted by atomic mass is 35.5. The van der Waals surface area contributed by atoms with Crippen molar-refractivity contribution < 1.29 is 18.7 Å². The van der Waals surface area contributed by atoms with Crippen LogP contribution in [0.15, 0.2) is 18.2 Å². The molecule has 120 valence electrons. The van der Waals surface area contributed by atoms with E-state index in [0.29, 0.717) is 43.1 Å². The van der Waals surface area contributed by atoms with Crippen LogP contribution in [0.1, 0.15) is 25.3 Å². The number of nitrogens with zero attached hydrogens (tertiary/aromatic N) is 1. The molecule has 22 heavy (non-hydrogen) atoms. The summed E-state index contributed by atoms with van der Waals surface area (Å²) in [6, 6.07) is 4.30. The fraction of sp³-hybridized carbons (Fsp3) is 0.500. The van der Waals surface area contributed by atoms with Crippen LogP contribution in [0.25, 0.3) is 0 Å². The zero-order chi connectivity index (χ0) is 16.1. The van der Waals surface area contributed by atoms with Crippen LogP contribution in [0.2, 0.25) is 5.02 Å². The highest BCUT2D eigenvalue weighted by Gasteiger charge is 2.28. The van der Waals surface area contributed by atoms with E-state index in [0.717, 1.165) is 0 Å². The van der Waals surface area contributed by atoms with E-state index in [-0.39, 0.29) is 24.2 Å². The summed E-state index contributed by atoms with van der Waals surface area (Å²) in [5.74, 6) is -0.944. The van der Waals surface area contributed by atoms with E-state index in [9.17, 15) is 14.0 Å². The average Bonchev–Trinajstić information content (AvgIpc) is 2.50. The first-order valence-corrected chi connectivity index (χ1v) is 7.77. The maximum atomic E-state index is 13.7. The van der Waals surface area contributed by atoms with Gasteiger partial charge in [0.05, 0.1) is 18.9 Å². The van der Waals surface area contributed by atoms with Crippen LogP contribution in [0.5, 0.6) is 0 Å². The van der Waals surface area contributed by atoms with Gasteiger partial charge < -0.3 is 9.64 Å². The number of rotatable bonds is 4. The molecule has 1 aromatic rings. The number of likely N-dealkylation sites (tertiary alicyclic amines) is 1. The first-order chi connectivity index (χ1) is 10.5. The SMILES string of the molecule is CCOC(=O)C1CCN(C(=O)Cc2ccc(Cl)cc2F)CC1. The minimum Gasteiger partial charge on any atom is -0.466 e. The summed E-state index contributed by atoms with van der Waals surface area (Å²) >= 11 is 5.69. The van der Waals surface area contributed by atoms with E-state index in [1.54, 1.807) is 17.9 Å². The lowest BCUT2D eigenvalue weighted by atomic mass is 9.96. The van der Waals surface area contributed by atoms with Crippen molar-refractivity contribution in [3.8, 4) is 0 Å². The van der Waals surface area contributed by atoms with Crippen LogP contribution in [0.4, 0.5) is 4.39 Å². The number of halogens is 2. The standard InChI is InChI=1S/C16H19ClFNO3/c1-2-22-16(21)11-5-7-19(8-6-11)15(20)9-12-3-4-13(17)10-14(12)18/h3-4,10-11H,2,5-9H2,1H3. The van der Waals surface area contributed by atoms with Crippen molar-refractivity contribution in [3.05, 3.63) is 34.6 Å². The molecule has 0 aromatic heterocycles. The van der Waals surface area contributed by atoms with Crippen LogP contribution < -0.4 is 0 Å². The fourth-order valence-corrected chi connectivity index (χ4v) is 2.72. The van der Waals surface area contributed by atoms with Gasteiger partial charge in [0.25, 0.3) is 0 Å². The Kier molecular flexibility index (Phi) is 5.77. The van der Waals surface area contributed by atoms with Gasteiger partial charge in [0.2, 0.25) is 5.91 Å². The smallest absolute Gasteiger partial charge is 0.309 e. The van der Waals surface area contributed by atoms with Gasteiger partial charge in [-0.15, -0.1) is 0 Å². The van der Waals surface area contributed by atoms with Gasteiger partial charge >= 0.3 is 5.97 Å². The zero-order valence-electron chi connectivity index (χ0n) is 12.5. The van der Waals surface area contributed by atoms with Crippen molar-refractivity contribution in [2.24, 2.45) is 5.92 Å². The number of ether oxygens (including phenoxy) is 1. The molecular weight excluding hydrogens is 309 g/mol. The first-order valence-electron chi connectivity index (χ1n) is 7.39. The van der Waals surface area contributed by atoms with E-state index >= 15 is 0 Å². The highest BCUT2D eigenvalue weighted by Crippen LogP contribution is 2.21. The summed E-state index contributed by atoms with van der Waals surface area (Å²) in [6.45, 7) is 3.14. The second-order valence-electron chi connectivity index (χ2n) is 5.32. The van der Waals surface area contributed by atoms with Crippen LogP contribution >= 0.6 is 11.6 Å². The molecule has 0 spiro atoms. The summed E-state index contributed by atoms with van der Waals surface area (Å²) < 4.78 is 18.7. The quantitative estimate of drug-likeness (QED) is 0.799. The third kappa shape index (κ3) is 4.19. The second-order valence-corrected chi connectivity index (χ2v) is 5.76. The number of hydrogen-bond acceptors (Lipinski definition) is 3. The molecule has 0 N–H and O–H groups in total. The Hall–Kier alpha value is -1.62. The molecular formula is C16H19ClFNO3. The molecule has 1 aliphatic rings. The summed E-state index contributed by atoms with van der Waals surface area (Å²) in [4.78, 5) is 25.5. The van der Waals surface area contributed by atoms with E-state index in [2.05, 4.69) is 0 Å². The van der Waals surface area contributed by atoms with E-state index in [4.69, 9.17) is 16.3 Å². The van der Waals surface area contributed by atoms with Gasteiger partial charge in [-0.1, -0.05) is 17.7 Å². The number of piperidine rings is 1. The molecule has 0 atom stereocenters. The minimum atomic E-state index is -0.470. The van der Waals surface area contributed by atoms with Crippen LogP contribution in [-0.4, -0.2) is 36.5 Å². The Labute approximate surface area is 134 Å². The lowest BCUT2D eigenvalue weighted by molar-refractivity contribution is -0.151. The summed E-state index contributed by atoms with van der Waals surface area (Å²) in [5, 5.41) is 0.309. The molecule has 1 heterocycles. The maximum absolute atomic E-state index is 13.7. The fourth-order valence-electron chi connectivity index (χ4n) is 2.56. The number of esters is 1. The lowest BCUT2D eigenvalue weighted by Crippen LogP contribution is -2.41. The molecule has 0 unspecified atom stereocenters. The van der Waals surface area contributed by atoms with Crippen molar-refractivity contribution in [2.75, 3.05) is 19.7 Å². The predicted octanol–water partition coefficient (Wildman–Crippen LogP) is 2.82. The Morgan fingerprint density at radius 2 is 2.05 bits per heavy atom. The van der Waals surface area contributed by atoms with Crippen molar-refractivity contribution in [1.29, 1.82) is 0 Å². The monoisotopic (exact) mass is 327 g/mol. The molecule has 0 radical (unpaired) electrons. The van der Waals surface area contributed by atoms with Crippen LogP contribution in [0, 0.1) is 11.7 Å². The van der Waals surface area contributed by atoms with Gasteiger partial charge in [-0.05, 0) is 37.5 Å². The van der Waals surface area contributed by atoms with Gasteiger partial charge in [0.1, 0.15) is 5.82 Å². The molecule has 1 fully saturated rings. The number of carbonyl (C=O) groups excluding carboxylic acids is 2. The molecule has 4 nitrogen and oxygen atoms in total. The van der Waals surface area contributed by atoms with E-state index in [1.165, 1.54) is 12.1 Å². The Balaban J connectivity index is 1.88. The van der Waals surface area contributed by atoms with Crippen LogP contribution in [-0.2, 0) is 20.7 Å². The molecule has 1 saturated heterocycles. The van der Waals surface area contributed by atoms with Crippen molar-refractivity contribution in [1.82, 2.24) is 4.90 Å². The van der Waals surface area contributed by atoms with Gasteiger partial charge in [0.15, 0.2) is 0 Å². The van der Waals surface area contributed by atoms with Gasteiger partial charge in [-0.25, -0.2) is 4.39 Å². The van der Waals surface area contributed by atoms with Gasteiger partial charge in [-0.2, -0.15) is 0 Å². The number of benzene rings is 1. The molecule has 0 saturated carbocycles. The van der Waals surface area contributed by atoms with E-state index in [1.807, 2.05) is 0 Å². The summed E-state index contributed by atoms with van der Waals surface area (Å²) in [7, 11) is 0. The van der Waals surface area contributed by atoms with Gasteiger partial charge in [0, 0.05) is 18.1 Å². The molecule has 0 aliphatic carbocycles. The topological polar surface area (TPSA) is 46.6 Å². The normalized spacial score (nSPS) is 15.7. The first kappa shape index (κ1) is 16.7. The Morgan fingerprint density at radius 1 is 1.36 bits per heavy atom. The Bertz CT molecular complexity index is 556. The molecule has 1 aliphatic heterocycles. The number of amides is 1. The van der Waals surface area contributed by atoms with E-state index < -0.39 is 5.82 Å². The summed E-state index contributed by atoms with van der Waals surface area (Å²) in [6.07, 6.45) is 1.19. The van der Waals surface area contributed by atoms with Gasteiger partial charge in [-0.3, -0.25) is 9.59 Å².